The van der Waals surface area contributed by atoms with E-state index in [1.807, 2.05) is 29.2 Å². The third-order valence-electron chi connectivity index (χ3n) is 7.26. The quantitative estimate of drug-likeness (QED) is 0.316. The van der Waals surface area contributed by atoms with Gasteiger partial charge in [0.05, 0.1) is 11.3 Å². The van der Waals surface area contributed by atoms with E-state index in [4.69, 9.17) is 0 Å². The van der Waals surface area contributed by atoms with Gasteiger partial charge in [0.15, 0.2) is 5.82 Å². The summed E-state index contributed by atoms with van der Waals surface area (Å²) in [5.41, 5.74) is 1.15. The molecule has 2 aromatic heterocycles. The largest absolute Gasteiger partial charge is 0.416 e. The number of hydrogen-bond donors (Lipinski definition) is 2. The average molecular weight is 552 g/mol. The fourth-order valence-electron chi connectivity index (χ4n) is 5.06. The minimum Gasteiger partial charge on any atom is -0.308 e. The average Bonchev–Trinajstić information content (AvgIpc) is 3.28. The minimum atomic E-state index is -4.55. The predicted octanol–water partition coefficient (Wildman–Crippen LogP) is 5.82. The highest BCUT2D eigenvalue weighted by atomic mass is 19.4. The highest BCUT2D eigenvalue weighted by Crippen LogP contribution is 2.35. The normalized spacial score (nSPS) is 15.1. The number of benzene rings is 2. The second-order valence-corrected chi connectivity index (χ2v) is 10.3. The zero-order valence-electron chi connectivity index (χ0n) is 22.7. The third kappa shape index (κ3) is 6.26. The zero-order chi connectivity index (χ0) is 28.4. The van der Waals surface area contributed by atoms with Gasteiger partial charge in [0, 0.05) is 80.9 Å². The number of alkyl halides is 3. The van der Waals surface area contributed by atoms with E-state index in [1.54, 1.807) is 30.2 Å². The smallest absolute Gasteiger partial charge is 0.308 e. The number of urea groups is 1. The molecule has 2 aromatic carbocycles. The summed E-state index contributed by atoms with van der Waals surface area (Å²) in [6.07, 6.45) is -1.05. The van der Waals surface area contributed by atoms with E-state index in [1.165, 1.54) is 12.1 Å². The van der Waals surface area contributed by atoms with E-state index in [0.717, 1.165) is 41.2 Å². The maximum absolute atomic E-state index is 14.0. The standard InChI is InChI=1S/C29H32F3N7O/c1-19(2)39-12-10-38(11-13-39)18-22-6-7-24(15-25(22)29(30,31)32)34-28(40)35-27-16-26(37(3)36-27)21-5-4-20-8-9-33-17-23(20)14-21/h4-9,14-17,19H,10-13,18H2,1-3H3,(H2,34,35,36,40). The first kappa shape index (κ1) is 27.6. The van der Waals surface area contributed by atoms with Crippen LogP contribution >= 0.6 is 0 Å². The summed E-state index contributed by atoms with van der Waals surface area (Å²) < 4.78 is 43.5. The Hall–Kier alpha value is -3.96. The van der Waals surface area contributed by atoms with Crippen LogP contribution in [-0.4, -0.2) is 62.8 Å². The number of pyridine rings is 1. The van der Waals surface area contributed by atoms with Gasteiger partial charge in [-0.25, -0.2) is 4.79 Å². The number of carbonyl (C=O) groups is 1. The molecule has 4 aromatic rings. The van der Waals surface area contributed by atoms with Crippen molar-refractivity contribution in [2.75, 3.05) is 36.8 Å². The number of halogens is 3. The van der Waals surface area contributed by atoms with E-state index in [2.05, 4.69) is 39.5 Å². The van der Waals surface area contributed by atoms with Crippen molar-refractivity contribution in [3.05, 3.63) is 72.1 Å². The van der Waals surface area contributed by atoms with Crippen LogP contribution in [0.15, 0.2) is 60.9 Å². The number of aromatic nitrogens is 3. The number of carbonyl (C=O) groups excluding carboxylic acids is 1. The summed E-state index contributed by atoms with van der Waals surface area (Å²) in [5, 5.41) is 11.5. The summed E-state index contributed by atoms with van der Waals surface area (Å²) in [6, 6.07) is 13.2. The van der Waals surface area contributed by atoms with E-state index < -0.39 is 17.8 Å². The Kier molecular flexibility index (Phi) is 7.77. The number of nitrogens with one attached hydrogen (secondary N) is 2. The Bertz CT molecular complexity index is 1510. The fraction of sp³-hybridized carbons (Fsp3) is 0.345. The van der Waals surface area contributed by atoms with Gasteiger partial charge in [0.25, 0.3) is 0 Å². The molecule has 0 atom stereocenters. The van der Waals surface area contributed by atoms with Gasteiger partial charge in [-0.2, -0.15) is 18.3 Å². The van der Waals surface area contributed by atoms with Gasteiger partial charge in [0.1, 0.15) is 0 Å². The Morgan fingerprint density at radius 2 is 1.75 bits per heavy atom. The van der Waals surface area contributed by atoms with Crippen LogP contribution in [0.25, 0.3) is 22.0 Å². The molecule has 3 heterocycles. The Labute approximate surface area is 230 Å². The lowest BCUT2D eigenvalue weighted by molar-refractivity contribution is -0.138. The first-order chi connectivity index (χ1) is 19.1. The van der Waals surface area contributed by atoms with Crippen molar-refractivity contribution >= 4 is 28.3 Å². The summed E-state index contributed by atoms with van der Waals surface area (Å²) in [4.78, 5) is 21.2. The van der Waals surface area contributed by atoms with Gasteiger partial charge in [-0.1, -0.05) is 18.2 Å². The first-order valence-corrected chi connectivity index (χ1v) is 13.2. The lowest BCUT2D eigenvalue weighted by Gasteiger charge is -2.37. The topological polar surface area (TPSA) is 78.3 Å². The van der Waals surface area contributed by atoms with Crippen LogP contribution in [0.4, 0.5) is 29.5 Å². The first-order valence-electron chi connectivity index (χ1n) is 13.2. The number of aryl methyl sites for hydroxylation is 1. The number of piperazine rings is 1. The van der Waals surface area contributed by atoms with Crippen molar-refractivity contribution in [1.82, 2.24) is 24.6 Å². The number of anilines is 2. The van der Waals surface area contributed by atoms with Crippen LogP contribution in [0.2, 0.25) is 0 Å². The van der Waals surface area contributed by atoms with E-state index >= 15 is 0 Å². The van der Waals surface area contributed by atoms with Gasteiger partial charge in [0.2, 0.25) is 0 Å². The molecule has 1 aliphatic rings. The maximum Gasteiger partial charge on any atom is 0.416 e. The highest BCUT2D eigenvalue weighted by Gasteiger charge is 2.34. The Morgan fingerprint density at radius 1 is 0.975 bits per heavy atom. The molecule has 1 saturated heterocycles. The van der Waals surface area contributed by atoms with E-state index in [9.17, 15) is 18.0 Å². The van der Waals surface area contributed by atoms with Crippen molar-refractivity contribution in [1.29, 1.82) is 0 Å². The molecule has 0 saturated carbocycles. The summed E-state index contributed by atoms with van der Waals surface area (Å²) in [6.45, 7) is 7.51. The van der Waals surface area contributed by atoms with Crippen molar-refractivity contribution in [3.8, 4) is 11.3 Å². The second kappa shape index (κ2) is 11.3. The summed E-state index contributed by atoms with van der Waals surface area (Å²) in [5.74, 6) is 0.273. The number of rotatable bonds is 6. The van der Waals surface area contributed by atoms with Gasteiger partial charge >= 0.3 is 12.2 Å². The van der Waals surface area contributed by atoms with Crippen LogP contribution in [0, 0.1) is 0 Å². The number of hydrogen-bond acceptors (Lipinski definition) is 5. The van der Waals surface area contributed by atoms with Gasteiger partial charge in [-0.05, 0) is 49.1 Å². The molecule has 0 aliphatic carbocycles. The third-order valence-corrected chi connectivity index (χ3v) is 7.26. The van der Waals surface area contributed by atoms with E-state index in [-0.39, 0.29) is 23.6 Å². The molecule has 8 nitrogen and oxygen atoms in total. The molecule has 0 unspecified atom stereocenters. The van der Waals surface area contributed by atoms with Crippen LogP contribution in [0.3, 0.4) is 0 Å². The molecule has 0 spiro atoms. The van der Waals surface area contributed by atoms with Crippen molar-refractivity contribution < 1.29 is 18.0 Å². The monoisotopic (exact) mass is 551 g/mol. The lowest BCUT2D eigenvalue weighted by Crippen LogP contribution is -2.48. The predicted molar refractivity (Wildman–Crippen MR) is 150 cm³/mol. The van der Waals surface area contributed by atoms with E-state index in [0.29, 0.717) is 19.1 Å². The molecule has 5 rings (SSSR count). The molecule has 0 bridgehead atoms. The highest BCUT2D eigenvalue weighted by molar-refractivity contribution is 5.99. The molecule has 11 heteroatoms. The summed E-state index contributed by atoms with van der Waals surface area (Å²) in [7, 11) is 1.75. The van der Waals surface area contributed by atoms with Crippen LogP contribution in [0.1, 0.15) is 25.0 Å². The van der Waals surface area contributed by atoms with Crippen molar-refractivity contribution in [3.63, 3.8) is 0 Å². The second-order valence-electron chi connectivity index (χ2n) is 10.3. The molecule has 1 fully saturated rings. The van der Waals surface area contributed by atoms with Crippen LogP contribution in [-0.2, 0) is 19.8 Å². The molecule has 0 radical (unpaired) electrons. The molecule has 2 N–H and O–H groups in total. The van der Waals surface area contributed by atoms with Gasteiger partial charge < -0.3 is 5.32 Å². The minimum absolute atomic E-state index is 0.0522. The van der Waals surface area contributed by atoms with Crippen molar-refractivity contribution in [2.24, 2.45) is 7.05 Å². The SMILES string of the molecule is CC(C)N1CCN(Cc2ccc(NC(=O)Nc3cc(-c4ccc5ccncc5c4)n(C)n3)cc2C(F)(F)F)CC1. The number of nitrogens with zero attached hydrogens (tertiary/aromatic N) is 5. The molecule has 40 heavy (non-hydrogen) atoms. The van der Waals surface area contributed by atoms with Crippen LogP contribution < -0.4 is 10.6 Å². The van der Waals surface area contributed by atoms with Gasteiger partial charge in [-0.3, -0.25) is 24.8 Å². The van der Waals surface area contributed by atoms with Gasteiger partial charge in [-0.15, -0.1) is 0 Å². The molecular formula is C29H32F3N7O. The molecular weight excluding hydrogens is 519 g/mol. The molecule has 1 aliphatic heterocycles. The Morgan fingerprint density at radius 3 is 2.48 bits per heavy atom. The zero-order valence-corrected chi connectivity index (χ0v) is 22.7. The summed E-state index contributed by atoms with van der Waals surface area (Å²) >= 11 is 0. The maximum atomic E-state index is 14.0. The van der Waals surface area contributed by atoms with Crippen molar-refractivity contribution in [2.45, 2.75) is 32.6 Å². The number of amides is 2. The number of fused-ring (bicyclic) bond motifs is 1. The molecule has 2 amide bonds. The molecule has 210 valence electrons. The fourth-order valence-corrected chi connectivity index (χ4v) is 5.06. The Balaban J connectivity index is 1.27. The lowest BCUT2D eigenvalue weighted by atomic mass is 10.0. The van der Waals surface area contributed by atoms with Crippen LogP contribution in [0.5, 0.6) is 0 Å².